The van der Waals surface area contributed by atoms with Crippen molar-refractivity contribution >= 4 is 21.8 Å². The van der Waals surface area contributed by atoms with Gasteiger partial charge in [0.2, 0.25) is 0 Å². The Morgan fingerprint density at radius 2 is 2.40 bits per heavy atom. The summed E-state index contributed by atoms with van der Waals surface area (Å²) in [6.07, 6.45) is 0. The van der Waals surface area contributed by atoms with E-state index in [0.717, 1.165) is 0 Å². The predicted octanol–water partition coefficient (Wildman–Crippen LogP) is 0.763. The monoisotopic (exact) mass is 213 g/mol. The first kappa shape index (κ1) is 7.91. The average Bonchev–Trinajstić information content (AvgIpc) is 2.10. The van der Waals surface area contributed by atoms with Gasteiger partial charge in [0.05, 0.1) is 5.92 Å². The number of hydrogen-bond acceptors (Lipinski definition) is 1. The lowest BCUT2D eigenvalue weighted by Crippen LogP contribution is -2.33. The lowest BCUT2D eigenvalue weighted by Gasteiger charge is -2.11. The normalized spacial score (nSPS) is 30.3. The summed E-state index contributed by atoms with van der Waals surface area (Å²) in [5.41, 5.74) is 0. The van der Waals surface area contributed by atoms with Crippen molar-refractivity contribution in [3.05, 3.63) is 0 Å². The molecule has 1 saturated heterocycles. The maximum absolute atomic E-state index is 12.6. The number of amides is 1. The van der Waals surface area contributed by atoms with Gasteiger partial charge in [-0.05, 0) is 0 Å². The number of carbonyl (C=O) groups is 1. The Labute approximate surface area is 65.1 Å². The zero-order valence-corrected chi connectivity index (χ0v) is 6.62. The van der Waals surface area contributed by atoms with Crippen LogP contribution < -0.4 is 5.32 Å². The molecule has 1 heterocycles. The molecule has 1 atom stereocenters. The molecule has 0 spiro atoms. The van der Waals surface area contributed by atoms with Crippen LogP contribution in [0.1, 0.15) is 0 Å². The minimum Gasteiger partial charge on any atom is -0.350 e. The fraction of sp³-hybridized carbons (Fsp3) is 0.800. The van der Waals surface area contributed by atoms with Crippen LogP contribution in [0, 0.1) is 5.92 Å². The van der Waals surface area contributed by atoms with Crippen molar-refractivity contribution in [2.24, 2.45) is 5.92 Å². The van der Waals surface area contributed by atoms with Crippen LogP contribution in [0.4, 0.5) is 8.78 Å². The van der Waals surface area contributed by atoms with E-state index in [-0.39, 0.29) is 11.9 Å². The quantitative estimate of drug-likeness (QED) is 0.641. The van der Waals surface area contributed by atoms with Crippen LogP contribution in [-0.2, 0) is 4.79 Å². The molecule has 5 heteroatoms. The number of alkyl halides is 3. The smallest absolute Gasteiger partial charge is 0.329 e. The van der Waals surface area contributed by atoms with Crippen molar-refractivity contribution in [1.82, 2.24) is 5.32 Å². The molecule has 1 amide bonds. The Balaban J connectivity index is 2.73. The van der Waals surface area contributed by atoms with E-state index in [1.807, 2.05) is 0 Å². The summed E-state index contributed by atoms with van der Waals surface area (Å²) in [6, 6.07) is 0. The van der Waals surface area contributed by atoms with Gasteiger partial charge >= 0.3 is 5.92 Å². The molecule has 0 aromatic heterocycles. The van der Waals surface area contributed by atoms with E-state index in [1.54, 1.807) is 0 Å². The van der Waals surface area contributed by atoms with Gasteiger partial charge in [0, 0.05) is 11.9 Å². The van der Waals surface area contributed by atoms with E-state index < -0.39 is 17.7 Å². The predicted molar refractivity (Wildman–Crippen MR) is 35.2 cm³/mol. The second-order valence-electron chi connectivity index (χ2n) is 2.18. The molecule has 0 bridgehead atoms. The Kier molecular flexibility index (Phi) is 1.94. The third-order valence-corrected chi connectivity index (χ3v) is 2.29. The summed E-state index contributed by atoms with van der Waals surface area (Å²) in [5, 5.41) is 2.24. The van der Waals surface area contributed by atoms with Crippen LogP contribution in [0.5, 0.6) is 0 Å². The minimum atomic E-state index is -3.18. The summed E-state index contributed by atoms with van der Waals surface area (Å²) >= 11 is 2.91. The van der Waals surface area contributed by atoms with Gasteiger partial charge in [0.25, 0.3) is 5.91 Å². The first-order valence-corrected chi connectivity index (χ1v) is 3.93. The van der Waals surface area contributed by atoms with E-state index in [1.165, 1.54) is 0 Å². The van der Waals surface area contributed by atoms with Crippen LogP contribution in [-0.4, -0.2) is 23.7 Å². The van der Waals surface area contributed by atoms with Crippen LogP contribution in [0.15, 0.2) is 0 Å². The summed E-state index contributed by atoms with van der Waals surface area (Å²) in [5.74, 6) is -5.22. The molecule has 10 heavy (non-hydrogen) atoms. The summed E-state index contributed by atoms with van der Waals surface area (Å²) in [7, 11) is 0. The third kappa shape index (κ3) is 1.02. The van der Waals surface area contributed by atoms with Crippen LogP contribution in [0.3, 0.4) is 0 Å². The second-order valence-corrected chi connectivity index (χ2v) is 2.83. The molecule has 1 N–H and O–H groups in total. The van der Waals surface area contributed by atoms with Crippen molar-refractivity contribution in [1.29, 1.82) is 0 Å². The Morgan fingerprint density at radius 3 is 2.60 bits per heavy atom. The van der Waals surface area contributed by atoms with Crippen molar-refractivity contribution < 1.29 is 13.6 Å². The minimum absolute atomic E-state index is 0.0666. The van der Waals surface area contributed by atoms with E-state index in [0.29, 0.717) is 0 Å². The standard InChI is InChI=1S/C5H6BrF2NO/c6-1-3-2-9-4(10)5(3,7)8/h3H,1-2H2,(H,9,10)/t3-/m1/s1. The van der Waals surface area contributed by atoms with Gasteiger partial charge in [-0.1, -0.05) is 15.9 Å². The molecule has 58 valence electrons. The van der Waals surface area contributed by atoms with E-state index in [4.69, 9.17) is 0 Å². The molecule has 2 nitrogen and oxygen atoms in total. The number of hydrogen-bond donors (Lipinski definition) is 1. The highest BCUT2D eigenvalue weighted by molar-refractivity contribution is 9.09. The van der Waals surface area contributed by atoms with Gasteiger partial charge in [0.15, 0.2) is 0 Å². The first-order chi connectivity index (χ1) is 4.59. The van der Waals surface area contributed by atoms with Gasteiger partial charge in [0.1, 0.15) is 0 Å². The fourth-order valence-electron chi connectivity index (χ4n) is 0.799. The molecule has 1 aliphatic heterocycles. The van der Waals surface area contributed by atoms with Gasteiger partial charge in [-0.15, -0.1) is 0 Å². The zero-order chi connectivity index (χ0) is 7.78. The third-order valence-electron chi connectivity index (χ3n) is 1.51. The maximum Gasteiger partial charge on any atom is 0.329 e. The molecule has 1 rings (SSSR count). The highest BCUT2D eigenvalue weighted by Crippen LogP contribution is 2.30. The number of carbonyl (C=O) groups excluding carboxylic acids is 1. The highest BCUT2D eigenvalue weighted by atomic mass is 79.9. The zero-order valence-electron chi connectivity index (χ0n) is 5.03. The van der Waals surface area contributed by atoms with Gasteiger partial charge in [-0.2, -0.15) is 8.78 Å². The van der Waals surface area contributed by atoms with Crippen molar-refractivity contribution in [2.75, 3.05) is 11.9 Å². The molecule has 0 saturated carbocycles. The second kappa shape index (κ2) is 2.45. The molecule has 1 fully saturated rings. The molecule has 0 aliphatic carbocycles. The number of rotatable bonds is 1. The molecule has 0 radical (unpaired) electrons. The van der Waals surface area contributed by atoms with E-state index in [9.17, 15) is 13.6 Å². The van der Waals surface area contributed by atoms with Crippen LogP contribution in [0.2, 0.25) is 0 Å². The van der Waals surface area contributed by atoms with Gasteiger partial charge in [-0.25, -0.2) is 0 Å². The average molecular weight is 214 g/mol. The largest absolute Gasteiger partial charge is 0.350 e. The van der Waals surface area contributed by atoms with Gasteiger partial charge in [-0.3, -0.25) is 4.79 Å². The summed E-state index contributed by atoms with van der Waals surface area (Å²) < 4.78 is 25.1. The van der Waals surface area contributed by atoms with Gasteiger partial charge < -0.3 is 5.32 Å². The maximum atomic E-state index is 12.6. The Morgan fingerprint density at radius 1 is 1.80 bits per heavy atom. The van der Waals surface area contributed by atoms with E-state index in [2.05, 4.69) is 21.2 Å². The SMILES string of the molecule is O=C1NC[C@@H](CBr)C1(F)F. The molecule has 0 unspecified atom stereocenters. The Bertz CT molecular complexity index is 162. The lowest BCUT2D eigenvalue weighted by molar-refractivity contribution is -0.143. The fourth-order valence-corrected chi connectivity index (χ4v) is 1.43. The summed E-state index contributed by atoms with van der Waals surface area (Å²) in [6.45, 7) is 0.0666. The number of nitrogens with one attached hydrogen (secondary N) is 1. The molecule has 0 aromatic carbocycles. The molecular weight excluding hydrogens is 208 g/mol. The highest BCUT2D eigenvalue weighted by Gasteiger charge is 2.51. The summed E-state index contributed by atoms with van der Waals surface area (Å²) in [4.78, 5) is 10.4. The Hall–Kier alpha value is -0.190. The first-order valence-electron chi connectivity index (χ1n) is 2.81. The van der Waals surface area contributed by atoms with Crippen molar-refractivity contribution in [3.63, 3.8) is 0 Å². The van der Waals surface area contributed by atoms with Crippen LogP contribution >= 0.6 is 15.9 Å². The van der Waals surface area contributed by atoms with Crippen molar-refractivity contribution in [2.45, 2.75) is 5.92 Å². The molecule has 0 aromatic rings. The van der Waals surface area contributed by atoms with Crippen molar-refractivity contribution in [3.8, 4) is 0 Å². The van der Waals surface area contributed by atoms with Crippen LogP contribution in [0.25, 0.3) is 0 Å². The number of halogens is 3. The topological polar surface area (TPSA) is 29.1 Å². The molecule has 1 aliphatic rings. The van der Waals surface area contributed by atoms with E-state index >= 15 is 0 Å². The molecular formula is C5H6BrF2NO. The lowest BCUT2D eigenvalue weighted by atomic mass is 10.1.